The van der Waals surface area contributed by atoms with Crippen molar-refractivity contribution in [2.24, 2.45) is 0 Å². The lowest BCUT2D eigenvalue weighted by molar-refractivity contribution is 0.101. The van der Waals surface area contributed by atoms with Crippen molar-refractivity contribution < 1.29 is 4.79 Å². The summed E-state index contributed by atoms with van der Waals surface area (Å²) >= 11 is 6.71. The number of nitrogens with zero attached hydrogens (tertiary/aromatic N) is 2. The first-order valence-corrected chi connectivity index (χ1v) is 6.17. The van der Waals surface area contributed by atoms with Gasteiger partial charge in [-0.15, -0.1) is 0 Å². The van der Waals surface area contributed by atoms with Crippen molar-refractivity contribution in [3.05, 3.63) is 45.1 Å². The topological polar surface area (TPSA) is 34.9 Å². The Bertz CT molecular complexity index is 549. The number of hydrogen-bond acceptors (Lipinski definition) is 2. The lowest BCUT2D eigenvalue weighted by Crippen LogP contribution is -2.03. The molecule has 0 amide bonds. The van der Waals surface area contributed by atoms with Gasteiger partial charge in [0.05, 0.1) is 16.4 Å². The number of carbonyl (C=O) groups is 1. The first-order chi connectivity index (χ1) is 7.58. The molecule has 0 fully saturated rings. The molecule has 0 saturated carbocycles. The van der Waals surface area contributed by atoms with Gasteiger partial charge >= 0.3 is 0 Å². The maximum absolute atomic E-state index is 11.5. The van der Waals surface area contributed by atoms with Gasteiger partial charge in [0, 0.05) is 16.2 Å². The summed E-state index contributed by atoms with van der Waals surface area (Å²) in [7, 11) is 0. The van der Waals surface area contributed by atoms with Gasteiger partial charge in [-0.2, -0.15) is 5.10 Å². The van der Waals surface area contributed by atoms with Crippen LogP contribution in [0.15, 0.2) is 39.5 Å². The van der Waals surface area contributed by atoms with Crippen LogP contribution in [0.4, 0.5) is 0 Å². The summed E-state index contributed by atoms with van der Waals surface area (Å²) in [6.07, 6.45) is 3.50. The number of aromatic nitrogens is 2. The summed E-state index contributed by atoms with van der Waals surface area (Å²) in [5.41, 5.74) is 1.42. The SMILES string of the molecule is CC(=O)c1ccc(Br)cc1-n1cc(Br)cn1. The first kappa shape index (κ1) is 11.5. The third-order valence-electron chi connectivity index (χ3n) is 2.14. The summed E-state index contributed by atoms with van der Waals surface area (Å²) < 4.78 is 3.46. The Kier molecular flexibility index (Phi) is 3.25. The van der Waals surface area contributed by atoms with Crippen LogP contribution in [0.1, 0.15) is 17.3 Å². The zero-order chi connectivity index (χ0) is 11.7. The Morgan fingerprint density at radius 2 is 2.06 bits per heavy atom. The molecule has 0 bridgehead atoms. The molecule has 0 aliphatic rings. The molecule has 82 valence electrons. The molecule has 2 aromatic rings. The van der Waals surface area contributed by atoms with Crippen molar-refractivity contribution in [2.45, 2.75) is 6.92 Å². The second kappa shape index (κ2) is 4.51. The molecule has 0 atom stereocenters. The van der Waals surface area contributed by atoms with E-state index in [1.807, 2.05) is 18.3 Å². The number of Topliss-reactive ketones (excluding diaryl/α,β-unsaturated/α-hetero) is 1. The fraction of sp³-hybridized carbons (Fsp3) is 0.0909. The van der Waals surface area contributed by atoms with Gasteiger partial charge in [-0.1, -0.05) is 15.9 Å². The fourth-order valence-corrected chi connectivity index (χ4v) is 2.06. The summed E-state index contributed by atoms with van der Waals surface area (Å²) in [6, 6.07) is 5.51. The van der Waals surface area contributed by atoms with E-state index in [9.17, 15) is 4.79 Å². The zero-order valence-electron chi connectivity index (χ0n) is 8.45. The van der Waals surface area contributed by atoms with E-state index in [0.717, 1.165) is 14.6 Å². The number of ketones is 1. The third kappa shape index (κ3) is 2.25. The van der Waals surface area contributed by atoms with Crippen LogP contribution < -0.4 is 0 Å². The maximum Gasteiger partial charge on any atom is 0.161 e. The number of halogens is 2. The van der Waals surface area contributed by atoms with Crippen molar-refractivity contribution >= 4 is 37.6 Å². The first-order valence-electron chi connectivity index (χ1n) is 4.59. The molecular weight excluding hydrogens is 336 g/mol. The molecule has 1 aromatic carbocycles. The highest BCUT2D eigenvalue weighted by atomic mass is 79.9. The lowest BCUT2D eigenvalue weighted by Gasteiger charge is -2.07. The van der Waals surface area contributed by atoms with Gasteiger partial charge in [0.25, 0.3) is 0 Å². The minimum atomic E-state index is 0.0223. The van der Waals surface area contributed by atoms with Crippen molar-refractivity contribution in [3.8, 4) is 5.69 Å². The smallest absolute Gasteiger partial charge is 0.161 e. The molecule has 5 heteroatoms. The van der Waals surface area contributed by atoms with E-state index in [1.54, 1.807) is 23.9 Å². The molecule has 0 aliphatic carbocycles. The Labute approximate surface area is 110 Å². The van der Waals surface area contributed by atoms with Crippen molar-refractivity contribution in [1.29, 1.82) is 0 Å². The largest absolute Gasteiger partial charge is 0.294 e. The highest BCUT2D eigenvalue weighted by Crippen LogP contribution is 2.21. The predicted octanol–water partition coefficient (Wildman–Crippen LogP) is 3.60. The van der Waals surface area contributed by atoms with Crippen LogP contribution in [-0.2, 0) is 0 Å². The van der Waals surface area contributed by atoms with Gasteiger partial charge in [-0.3, -0.25) is 4.79 Å². The maximum atomic E-state index is 11.5. The normalized spacial score (nSPS) is 10.4. The fourth-order valence-electron chi connectivity index (χ4n) is 1.42. The highest BCUT2D eigenvalue weighted by Gasteiger charge is 2.10. The van der Waals surface area contributed by atoms with Gasteiger partial charge in [-0.05, 0) is 41.1 Å². The van der Waals surface area contributed by atoms with E-state index in [2.05, 4.69) is 37.0 Å². The molecule has 16 heavy (non-hydrogen) atoms. The van der Waals surface area contributed by atoms with E-state index in [1.165, 1.54) is 0 Å². The third-order valence-corrected chi connectivity index (χ3v) is 3.04. The minimum absolute atomic E-state index is 0.0223. The minimum Gasteiger partial charge on any atom is -0.294 e. The van der Waals surface area contributed by atoms with Gasteiger partial charge in [0.2, 0.25) is 0 Å². The number of rotatable bonds is 2. The van der Waals surface area contributed by atoms with Crippen LogP contribution in [0.3, 0.4) is 0 Å². The summed E-state index contributed by atoms with van der Waals surface area (Å²) in [6.45, 7) is 1.55. The average molecular weight is 344 g/mol. The summed E-state index contributed by atoms with van der Waals surface area (Å²) in [5.74, 6) is 0.0223. The van der Waals surface area contributed by atoms with E-state index < -0.39 is 0 Å². The molecule has 1 heterocycles. The molecular formula is C11H8Br2N2O. The second-order valence-electron chi connectivity index (χ2n) is 3.32. The van der Waals surface area contributed by atoms with E-state index in [0.29, 0.717) is 5.56 Å². The van der Waals surface area contributed by atoms with Crippen LogP contribution in [0.25, 0.3) is 5.69 Å². The zero-order valence-corrected chi connectivity index (χ0v) is 11.6. The average Bonchev–Trinajstić information content (AvgIpc) is 2.64. The van der Waals surface area contributed by atoms with Gasteiger partial charge < -0.3 is 0 Å². The van der Waals surface area contributed by atoms with Crippen LogP contribution >= 0.6 is 31.9 Å². The van der Waals surface area contributed by atoms with Crippen LogP contribution in [-0.4, -0.2) is 15.6 Å². The second-order valence-corrected chi connectivity index (χ2v) is 5.15. The van der Waals surface area contributed by atoms with Crippen LogP contribution in [0.5, 0.6) is 0 Å². The van der Waals surface area contributed by atoms with E-state index in [4.69, 9.17) is 0 Å². The monoisotopic (exact) mass is 342 g/mol. The Morgan fingerprint density at radius 1 is 1.31 bits per heavy atom. The Morgan fingerprint density at radius 3 is 2.62 bits per heavy atom. The molecule has 0 saturated heterocycles. The van der Waals surface area contributed by atoms with Crippen LogP contribution in [0.2, 0.25) is 0 Å². The number of carbonyl (C=O) groups excluding carboxylic acids is 1. The van der Waals surface area contributed by atoms with Gasteiger partial charge in [-0.25, -0.2) is 4.68 Å². The molecule has 0 N–H and O–H groups in total. The molecule has 0 aliphatic heterocycles. The van der Waals surface area contributed by atoms with E-state index in [-0.39, 0.29) is 5.78 Å². The Hall–Kier alpha value is -0.940. The lowest BCUT2D eigenvalue weighted by atomic mass is 10.1. The van der Waals surface area contributed by atoms with Crippen molar-refractivity contribution in [1.82, 2.24) is 9.78 Å². The van der Waals surface area contributed by atoms with Gasteiger partial charge in [0.15, 0.2) is 5.78 Å². The van der Waals surface area contributed by atoms with Crippen LogP contribution in [0, 0.1) is 0 Å². The number of hydrogen-bond donors (Lipinski definition) is 0. The molecule has 1 aromatic heterocycles. The van der Waals surface area contributed by atoms with Crippen molar-refractivity contribution in [3.63, 3.8) is 0 Å². The predicted molar refractivity (Wildman–Crippen MR) is 69.0 cm³/mol. The quantitative estimate of drug-likeness (QED) is 0.781. The molecule has 0 radical (unpaired) electrons. The van der Waals surface area contributed by atoms with Gasteiger partial charge in [0.1, 0.15) is 0 Å². The molecule has 0 unspecified atom stereocenters. The standard InChI is InChI=1S/C11H8Br2N2O/c1-7(16)10-3-2-8(12)4-11(10)15-6-9(13)5-14-15/h2-6H,1H3. The summed E-state index contributed by atoms with van der Waals surface area (Å²) in [4.78, 5) is 11.5. The molecule has 2 rings (SSSR count). The molecule has 3 nitrogen and oxygen atoms in total. The Balaban J connectivity index is 2.62. The highest BCUT2D eigenvalue weighted by molar-refractivity contribution is 9.10. The van der Waals surface area contributed by atoms with Crippen molar-refractivity contribution in [2.75, 3.05) is 0 Å². The summed E-state index contributed by atoms with van der Waals surface area (Å²) in [5, 5.41) is 4.17. The number of benzene rings is 1. The molecule has 0 spiro atoms. The van der Waals surface area contributed by atoms with E-state index >= 15 is 0 Å².